The molecule has 1 aromatic carbocycles. The van der Waals surface area contributed by atoms with Crippen LogP contribution in [0.5, 0.6) is 0 Å². The van der Waals surface area contributed by atoms with Crippen LogP contribution in [-0.2, 0) is 0 Å². The summed E-state index contributed by atoms with van der Waals surface area (Å²) >= 11 is 0. The quantitative estimate of drug-likeness (QED) is 0.676. The molecule has 0 aliphatic carbocycles. The third kappa shape index (κ3) is 1.32. The maximum atomic E-state index is 13.9. The van der Waals surface area contributed by atoms with Crippen LogP contribution in [0.4, 0.5) is 10.1 Å². The highest BCUT2D eigenvalue weighted by Gasteiger charge is 2.19. The van der Waals surface area contributed by atoms with E-state index in [1.54, 1.807) is 6.07 Å². The molecule has 0 unspecified atom stereocenters. The predicted molar refractivity (Wildman–Crippen MR) is 62.9 cm³/mol. The van der Waals surface area contributed by atoms with E-state index in [1.165, 1.54) is 12.3 Å². The van der Waals surface area contributed by atoms with Crippen LogP contribution in [0.2, 0.25) is 0 Å². The number of anilines is 1. The lowest BCUT2D eigenvalue weighted by Crippen LogP contribution is -1.86. The average Bonchev–Trinajstić information content (AvgIpc) is 2.82. The summed E-state index contributed by atoms with van der Waals surface area (Å²) in [5, 5.41) is 4.10. The molecule has 0 saturated heterocycles. The molecule has 2 aromatic heterocycles. The van der Waals surface area contributed by atoms with Crippen LogP contribution < -0.4 is 5.73 Å². The van der Waals surface area contributed by atoms with Gasteiger partial charge in [-0.15, -0.1) is 0 Å². The lowest BCUT2D eigenvalue weighted by molar-refractivity contribution is 0.432. The molecule has 0 aliphatic rings. The van der Waals surface area contributed by atoms with E-state index in [9.17, 15) is 4.39 Å². The molecular weight excluding hydrogens is 221 g/mol. The topological polar surface area (TPSA) is 67.8 Å². The fourth-order valence-corrected chi connectivity index (χ4v) is 2.06. The summed E-state index contributed by atoms with van der Waals surface area (Å²) in [6.07, 6.45) is 1.41. The second-order valence-electron chi connectivity index (χ2n) is 3.90. The normalized spacial score (nSPS) is 11.2. The zero-order chi connectivity index (χ0) is 12.0. The predicted octanol–water partition coefficient (Wildman–Crippen LogP) is 2.85. The summed E-state index contributed by atoms with van der Waals surface area (Å²) < 4.78 is 19.0. The molecule has 3 N–H and O–H groups in total. The summed E-state index contributed by atoms with van der Waals surface area (Å²) in [5.74, 6) is 0.0940. The number of halogens is 1. The fourth-order valence-electron chi connectivity index (χ4n) is 2.06. The van der Waals surface area contributed by atoms with Crippen molar-refractivity contribution in [3.63, 3.8) is 0 Å². The number of nitrogens with zero attached hydrogens (tertiary/aromatic N) is 1. The van der Waals surface area contributed by atoms with Gasteiger partial charge in [0.25, 0.3) is 0 Å². The first-order valence-electron chi connectivity index (χ1n) is 5.16. The van der Waals surface area contributed by atoms with Gasteiger partial charge in [-0.2, -0.15) is 0 Å². The number of aromatic nitrogens is 2. The van der Waals surface area contributed by atoms with Crippen molar-refractivity contribution in [3.8, 4) is 11.3 Å². The molecule has 0 fully saturated rings. The number of benzene rings is 1. The van der Waals surface area contributed by atoms with Crippen molar-refractivity contribution in [2.75, 3.05) is 5.73 Å². The minimum absolute atomic E-state index is 0.308. The van der Waals surface area contributed by atoms with Gasteiger partial charge in [0.1, 0.15) is 11.5 Å². The highest BCUT2D eigenvalue weighted by molar-refractivity contribution is 5.98. The zero-order valence-corrected chi connectivity index (χ0v) is 9.12. The number of aryl methyl sites for hydroxylation is 1. The van der Waals surface area contributed by atoms with Crippen LogP contribution >= 0.6 is 0 Å². The summed E-state index contributed by atoms with van der Waals surface area (Å²) in [4.78, 5) is 3.10. The molecule has 0 amide bonds. The van der Waals surface area contributed by atoms with E-state index in [1.807, 2.05) is 13.0 Å². The van der Waals surface area contributed by atoms with E-state index in [0.29, 0.717) is 27.9 Å². The van der Waals surface area contributed by atoms with Crippen LogP contribution in [-0.4, -0.2) is 10.1 Å². The highest BCUT2D eigenvalue weighted by atomic mass is 19.1. The van der Waals surface area contributed by atoms with Gasteiger partial charge in [-0.05, 0) is 19.1 Å². The molecule has 17 heavy (non-hydrogen) atoms. The van der Waals surface area contributed by atoms with Crippen molar-refractivity contribution in [1.29, 1.82) is 0 Å². The van der Waals surface area contributed by atoms with E-state index in [2.05, 4.69) is 10.1 Å². The van der Waals surface area contributed by atoms with Crippen molar-refractivity contribution in [2.24, 2.45) is 0 Å². The van der Waals surface area contributed by atoms with Crippen LogP contribution in [0, 0.1) is 12.7 Å². The Hall–Kier alpha value is -2.30. The van der Waals surface area contributed by atoms with E-state index < -0.39 is 0 Å². The summed E-state index contributed by atoms with van der Waals surface area (Å²) in [6.45, 7) is 1.84. The van der Waals surface area contributed by atoms with E-state index in [-0.39, 0.29) is 5.82 Å². The number of aromatic amines is 1. The lowest BCUT2D eigenvalue weighted by atomic mass is 10.1. The van der Waals surface area contributed by atoms with Crippen molar-refractivity contribution in [2.45, 2.75) is 6.92 Å². The van der Waals surface area contributed by atoms with Crippen molar-refractivity contribution in [1.82, 2.24) is 10.1 Å². The Balaban J connectivity index is 2.44. The van der Waals surface area contributed by atoms with E-state index in [0.717, 1.165) is 5.69 Å². The molecule has 0 aliphatic heterocycles. The number of nitrogen functional groups attached to an aromatic ring is 1. The minimum atomic E-state index is -0.308. The SMILES string of the molecule is Cc1[nH]c2cccc(F)c2c1-c1oncc1N. The van der Waals surface area contributed by atoms with Gasteiger partial charge in [-0.3, -0.25) is 0 Å². The van der Waals surface area contributed by atoms with Crippen molar-refractivity contribution in [3.05, 3.63) is 35.9 Å². The first-order valence-corrected chi connectivity index (χ1v) is 5.16. The van der Waals surface area contributed by atoms with E-state index >= 15 is 0 Å². The number of nitrogens with one attached hydrogen (secondary N) is 1. The molecular formula is C12H10FN3O. The number of H-pyrrole nitrogens is 1. The molecule has 86 valence electrons. The van der Waals surface area contributed by atoms with Gasteiger partial charge in [0.15, 0.2) is 5.76 Å². The van der Waals surface area contributed by atoms with Gasteiger partial charge < -0.3 is 15.2 Å². The Morgan fingerprint density at radius 3 is 2.94 bits per heavy atom. The van der Waals surface area contributed by atoms with Gasteiger partial charge >= 0.3 is 0 Å². The van der Waals surface area contributed by atoms with Crippen LogP contribution in [0.1, 0.15) is 5.69 Å². The third-order valence-corrected chi connectivity index (χ3v) is 2.79. The Labute approximate surface area is 96.2 Å². The lowest BCUT2D eigenvalue weighted by Gasteiger charge is -1.98. The molecule has 3 rings (SSSR count). The fraction of sp³-hybridized carbons (Fsp3) is 0.0833. The van der Waals surface area contributed by atoms with Gasteiger partial charge in [0.05, 0.1) is 11.8 Å². The van der Waals surface area contributed by atoms with Gasteiger partial charge in [-0.1, -0.05) is 11.2 Å². The maximum absolute atomic E-state index is 13.9. The van der Waals surface area contributed by atoms with Gasteiger partial charge in [0.2, 0.25) is 0 Å². The number of rotatable bonds is 1. The largest absolute Gasteiger partial charge is 0.394 e. The second kappa shape index (κ2) is 3.35. The Morgan fingerprint density at radius 1 is 1.41 bits per heavy atom. The Kier molecular flexibility index (Phi) is 1.95. The number of hydrogen-bond acceptors (Lipinski definition) is 3. The molecule has 5 heteroatoms. The Bertz CT molecular complexity index is 699. The highest BCUT2D eigenvalue weighted by Crippen LogP contribution is 2.36. The van der Waals surface area contributed by atoms with Crippen LogP contribution in [0.15, 0.2) is 28.9 Å². The first-order chi connectivity index (χ1) is 8.18. The van der Waals surface area contributed by atoms with Crippen LogP contribution in [0.25, 0.3) is 22.2 Å². The van der Waals surface area contributed by atoms with E-state index in [4.69, 9.17) is 10.3 Å². The second-order valence-corrected chi connectivity index (χ2v) is 3.90. The number of fused-ring (bicyclic) bond motifs is 1. The van der Waals surface area contributed by atoms with Gasteiger partial charge in [-0.25, -0.2) is 4.39 Å². The molecule has 0 atom stereocenters. The molecule has 2 heterocycles. The van der Waals surface area contributed by atoms with Crippen LogP contribution in [0.3, 0.4) is 0 Å². The summed E-state index contributed by atoms with van der Waals surface area (Å²) in [7, 11) is 0. The summed E-state index contributed by atoms with van der Waals surface area (Å²) in [5.41, 5.74) is 8.30. The number of nitrogens with two attached hydrogens (primary N) is 1. The molecule has 3 aromatic rings. The molecule has 0 radical (unpaired) electrons. The smallest absolute Gasteiger partial charge is 0.192 e. The van der Waals surface area contributed by atoms with Crippen molar-refractivity contribution >= 4 is 16.6 Å². The maximum Gasteiger partial charge on any atom is 0.192 e. The zero-order valence-electron chi connectivity index (χ0n) is 9.12. The Morgan fingerprint density at radius 2 is 2.24 bits per heavy atom. The third-order valence-electron chi connectivity index (χ3n) is 2.79. The first kappa shape index (κ1) is 9.89. The standard InChI is InChI=1S/C12H10FN3O/c1-6-10(12-8(14)5-15-17-12)11-7(13)3-2-4-9(11)16-6/h2-5,16H,14H2,1H3. The molecule has 0 spiro atoms. The number of hydrogen-bond donors (Lipinski definition) is 2. The van der Waals surface area contributed by atoms with Crippen molar-refractivity contribution < 1.29 is 8.91 Å². The van der Waals surface area contributed by atoms with Gasteiger partial charge in [0, 0.05) is 16.6 Å². The molecule has 4 nitrogen and oxygen atoms in total. The molecule has 0 bridgehead atoms. The monoisotopic (exact) mass is 231 g/mol. The summed E-state index contributed by atoms with van der Waals surface area (Å²) in [6, 6.07) is 4.87. The minimum Gasteiger partial charge on any atom is -0.394 e. The molecule has 0 saturated carbocycles. The average molecular weight is 231 g/mol.